The Bertz CT molecular complexity index is 691. The number of carbonyl (C=O) groups is 1. The van der Waals surface area contributed by atoms with E-state index in [1.165, 1.54) is 18.2 Å². The minimum Gasteiger partial charge on any atom is -0.322 e. The monoisotopic (exact) mass is 446 g/mol. The molecule has 2 rings (SSSR count). The summed E-state index contributed by atoms with van der Waals surface area (Å²) in [6, 6.07) is 11.3. The second-order valence-corrected chi connectivity index (χ2v) is 5.96. The zero-order valence-electron chi connectivity index (χ0n) is 9.97. The molecule has 0 heterocycles. The van der Waals surface area contributed by atoms with Crippen molar-refractivity contribution >= 4 is 55.8 Å². The van der Waals surface area contributed by atoms with E-state index in [0.29, 0.717) is 14.8 Å². The smallest absolute Gasteiger partial charge is 0.270 e. The quantitative estimate of drug-likeness (QED) is 0.436. The first-order valence-electron chi connectivity index (χ1n) is 5.48. The summed E-state index contributed by atoms with van der Waals surface area (Å²) in [7, 11) is 0. The maximum Gasteiger partial charge on any atom is 0.270 e. The number of amides is 1. The van der Waals surface area contributed by atoms with Gasteiger partial charge in [-0.15, -0.1) is 0 Å². The number of anilines is 1. The van der Waals surface area contributed by atoms with Crippen molar-refractivity contribution in [1.82, 2.24) is 0 Å². The summed E-state index contributed by atoms with van der Waals surface area (Å²) in [4.78, 5) is 22.3. The molecule has 7 heteroatoms. The third-order valence-corrected chi connectivity index (χ3v) is 3.88. The summed E-state index contributed by atoms with van der Waals surface area (Å²) >= 11 is 5.23. The van der Waals surface area contributed by atoms with Crippen LogP contribution >= 0.6 is 38.5 Å². The van der Waals surface area contributed by atoms with Crippen LogP contribution < -0.4 is 5.32 Å². The number of hydrogen-bond donors (Lipinski definition) is 1. The van der Waals surface area contributed by atoms with Gasteiger partial charge >= 0.3 is 0 Å². The van der Waals surface area contributed by atoms with Gasteiger partial charge in [-0.3, -0.25) is 14.9 Å². The Morgan fingerprint density at radius 2 is 2.00 bits per heavy atom. The van der Waals surface area contributed by atoms with Gasteiger partial charge in [0.05, 0.1) is 10.5 Å². The van der Waals surface area contributed by atoms with Crippen LogP contribution in [0.1, 0.15) is 10.4 Å². The molecule has 0 bridgehead atoms. The standard InChI is InChI=1S/C13H8BrIN2O3/c14-8-2-1-3-9(6-8)16-13(18)11-5-4-10(17(19)20)7-12(11)15/h1-7H,(H,16,18). The van der Waals surface area contributed by atoms with Crippen LogP contribution in [0.5, 0.6) is 0 Å². The summed E-state index contributed by atoms with van der Waals surface area (Å²) in [6.45, 7) is 0. The summed E-state index contributed by atoms with van der Waals surface area (Å²) < 4.78 is 1.39. The third kappa shape index (κ3) is 3.54. The number of rotatable bonds is 3. The van der Waals surface area contributed by atoms with E-state index in [9.17, 15) is 14.9 Å². The third-order valence-electron chi connectivity index (χ3n) is 2.49. The molecule has 0 atom stereocenters. The summed E-state index contributed by atoms with van der Waals surface area (Å²) in [5, 5.41) is 13.4. The zero-order chi connectivity index (χ0) is 14.7. The van der Waals surface area contributed by atoms with Crippen LogP contribution in [0.15, 0.2) is 46.9 Å². The molecule has 0 aliphatic rings. The molecule has 0 fully saturated rings. The average Bonchev–Trinajstić information content (AvgIpc) is 2.38. The number of carbonyl (C=O) groups excluding carboxylic acids is 1. The fourth-order valence-corrected chi connectivity index (χ4v) is 2.71. The number of non-ortho nitro benzene ring substituents is 1. The molecule has 0 aliphatic carbocycles. The van der Waals surface area contributed by atoms with Crippen molar-refractivity contribution in [3.05, 3.63) is 66.2 Å². The number of nitrogens with one attached hydrogen (secondary N) is 1. The lowest BCUT2D eigenvalue weighted by Crippen LogP contribution is -2.13. The SMILES string of the molecule is O=C(Nc1cccc(Br)c1)c1ccc([N+](=O)[O-])cc1I. The molecule has 20 heavy (non-hydrogen) atoms. The van der Waals surface area contributed by atoms with Crippen LogP contribution in [0, 0.1) is 13.7 Å². The highest BCUT2D eigenvalue weighted by atomic mass is 127. The topological polar surface area (TPSA) is 72.2 Å². The van der Waals surface area contributed by atoms with Crippen molar-refractivity contribution in [1.29, 1.82) is 0 Å². The first-order chi connectivity index (χ1) is 9.47. The van der Waals surface area contributed by atoms with Gasteiger partial charge in [0.15, 0.2) is 0 Å². The summed E-state index contributed by atoms with van der Waals surface area (Å²) in [5.41, 5.74) is 1.02. The molecule has 0 saturated carbocycles. The molecule has 102 valence electrons. The van der Waals surface area contributed by atoms with E-state index in [2.05, 4.69) is 21.2 Å². The Kier molecular flexibility index (Phi) is 4.71. The molecule has 0 unspecified atom stereocenters. The van der Waals surface area contributed by atoms with Crippen LogP contribution in [-0.2, 0) is 0 Å². The Hall–Kier alpha value is -1.48. The van der Waals surface area contributed by atoms with Gasteiger partial charge in [-0.05, 0) is 46.9 Å². The molecular weight excluding hydrogens is 439 g/mol. The number of nitro groups is 1. The molecule has 2 aromatic rings. The van der Waals surface area contributed by atoms with Crippen molar-refractivity contribution in [2.45, 2.75) is 0 Å². The van der Waals surface area contributed by atoms with Gasteiger partial charge in [0.1, 0.15) is 0 Å². The minimum absolute atomic E-state index is 0.0339. The molecule has 0 radical (unpaired) electrons. The van der Waals surface area contributed by atoms with Gasteiger partial charge in [-0.1, -0.05) is 22.0 Å². The largest absolute Gasteiger partial charge is 0.322 e. The molecule has 0 aliphatic heterocycles. The highest BCUT2D eigenvalue weighted by Gasteiger charge is 2.14. The van der Waals surface area contributed by atoms with Crippen LogP contribution in [-0.4, -0.2) is 10.8 Å². The van der Waals surface area contributed by atoms with E-state index in [1.54, 1.807) is 18.2 Å². The van der Waals surface area contributed by atoms with E-state index in [4.69, 9.17) is 0 Å². The van der Waals surface area contributed by atoms with Gasteiger partial charge in [0.2, 0.25) is 0 Å². The van der Waals surface area contributed by atoms with E-state index in [-0.39, 0.29) is 11.6 Å². The second-order valence-electron chi connectivity index (χ2n) is 3.89. The lowest BCUT2D eigenvalue weighted by Gasteiger charge is -2.07. The van der Waals surface area contributed by atoms with E-state index < -0.39 is 4.92 Å². The number of nitro benzene ring substituents is 1. The van der Waals surface area contributed by atoms with E-state index >= 15 is 0 Å². The van der Waals surface area contributed by atoms with Gasteiger partial charge in [-0.25, -0.2) is 0 Å². The average molecular weight is 447 g/mol. The fourth-order valence-electron chi connectivity index (χ4n) is 1.57. The van der Waals surface area contributed by atoms with Crippen molar-refractivity contribution in [2.24, 2.45) is 0 Å². The first kappa shape index (κ1) is 14.9. The zero-order valence-corrected chi connectivity index (χ0v) is 13.7. The molecule has 1 amide bonds. The number of nitrogens with zero attached hydrogens (tertiary/aromatic N) is 1. The van der Waals surface area contributed by atoms with E-state index in [1.807, 2.05) is 28.7 Å². The molecule has 1 N–H and O–H groups in total. The van der Waals surface area contributed by atoms with Crippen LogP contribution in [0.2, 0.25) is 0 Å². The van der Waals surface area contributed by atoms with Gasteiger partial charge in [-0.2, -0.15) is 0 Å². The lowest BCUT2D eigenvalue weighted by molar-refractivity contribution is -0.384. The minimum atomic E-state index is -0.488. The Labute approximate surface area is 136 Å². The molecule has 0 saturated heterocycles. The fraction of sp³-hybridized carbons (Fsp3) is 0. The Morgan fingerprint density at radius 3 is 2.60 bits per heavy atom. The van der Waals surface area contributed by atoms with Gasteiger partial charge < -0.3 is 5.32 Å². The van der Waals surface area contributed by atoms with Crippen molar-refractivity contribution in [3.8, 4) is 0 Å². The molecule has 0 aromatic heterocycles. The predicted molar refractivity (Wildman–Crippen MR) is 87.9 cm³/mol. The molecular formula is C13H8BrIN2O3. The van der Waals surface area contributed by atoms with Gasteiger partial charge in [0.25, 0.3) is 11.6 Å². The Balaban J connectivity index is 2.23. The Morgan fingerprint density at radius 1 is 1.25 bits per heavy atom. The lowest BCUT2D eigenvalue weighted by atomic mass is 10.2. The second kappa shape index (κ2) is 6.31. The highest BCUT2D eigenvalue weighted by molar-refractivity contribution is 14.1. The summed E-state index contributed by atoms with van der Waals surface area (Å²) in [6.07, 6.45) is 0. The van der Waals surface area contributed by atoms with Crippen LogP contribution in [0.4, 0.5) is 11.4 Å². The van der Waals surface area contributed by atoms with Gasteiger partial charge in [0, 0.05) is 25.9 Å². The van der Waals surface area contributed by atoms with Crippen molar-refractivity contribution in [3.63, 3.8) is 0 Å². The normalized spacial score (nSPS) is 10.1. The summed E-state index contributed by atoms with van der Waals surface area (Å²) in [5.74, 6) is -0.303. The van der Waals surface area contributed by atoms with Crippen molar-refractivity contribution in [2.75, 3.05) is 5.32 Å². The molecule has 2 aromatic carbocycles. The maximum absolute atomic E-state index is 12.1. The molecule has 0 spiro atoms. The first-order valence-corrected chi connectivity index (χ1v) is 7.35. The number of benzene rings is 2. The van der Waals surface area contributed by atoms with Crippen molar-refractivity contribution < 1.29 is 9.72 Å². The maximum atomic E-state index is 12.1. The van der Waals surface area contributed by atoms with E-state index in [0.717, 1.165) is 4.47 Å². The van der Waals surface area contributed by atoms with Crippen LogP contribution in [0.3, 0.4) is 0 Å². The predicted octanol–water partition coefficient (Wildman–Crippen LogP) is 4.21. The van der Waals surface area contributed by atoms with Crippen LogP contribution in [0.25, 0.3) is 0 Å². The number of halogens is 2. The number of hydrogen-bond acceptors (Lipinski definition) is 3. The highest BCUT2D eigenvalue weighted by Crippen LogP contribution is 2.21. The molecule has 5 nitrogen and oxygen atoms in total.